The highest BCUT2D eigenvalue weighted by atomic mass is 35.5. The van der Waals surface area contributed by atoms with Gasteiger partial charge in [0.1, 0.15) is 36.9 Å². The number of nitrogens with zero attached hydrogens (tertiary/aromatic N) is 4. The van der Waals surface area contributed by atoms with E-state index in [0.29, 0.717) is 57.8 Å². The number of carbonyl (C=O) groups is 1. The molecule has 4 N–H and O–H groups in total. The Morgan fingerprint density at radius 3 is 2.81 bits per heavy atom. The summed E-state index contributed by atoms with van der Waals surface area (Å²) in [5.41, 5.74) is 8.82. The Kier molecular flexibility index (Phi) is 7.09. The van der Waals surface area contributed by atoms with Gasteiger partial charge in [0, 0.05) is 29.9 Å². The quantitative estimate of drug-likeness (QED) is 0.271. The fourth-order valence-corrected chi connectivity index (χ4v) is 4.47. The lowest BCUT2D eigenvalue weighted by Gasteiger charge is -2.22. The van der Waals surface area contributed by atoms with Gasteiger partial charge in [0.25, 0.3) is 0 Å². The summed E-state index contributed by atoms with van der Waals surface area (Å²) in [5.74, 6) is 1.54. The first-order valence-electron chi connectivity index (χ1n) is 11.7. The van der Waals surface area contributed by atoms with E-state index in [9.17, 15) is 9.90 Å². The normalized spacial score (nSPS) is 15.1. The van der Waals surface area contributed by atoms with E-state index in [2.05, 4.69) is 20.3 Å². The van der Waals surface area contributed by atoms with Gasteiger partial charge in [0.2, 0.25) is 0 Å². The number of anilines is 3. The molecule has 1 fully saturated rings. The van der Waals surface area contributed by atoms with Crippen LogP contribution in [0.25, 0.3) is 10.9 Å². The number of hydrogen-bond acceptors (Lipinski definition) is 8. The Labute approximate surface area is 218 Å². The number of ether oxygens (including phenoxy) is 2. The molecule has 1 atom stereocenters. The van der Waals surface area contributed by atoms with Crippen molar-refractivity contribution in [3.8, 4) is 11.5 Å². The minimum absolute atomic E-state index is 0.198. The van der Waals surface area contributed by atoms with Gasteiger partial charge in [-0.2, -0.15) is 0 Å². The number of nitrogens with one attached hydrogen (secondary N) is 1. The second-order valence-electron chi connectivity index (χ2n) is 8.59. The zero-order valence-electron chi connectivity index (χ0n) is 19.8. The molecule has 2 aromatic carbocycles. The molecule has 0 bridgehead atoms. The largest absolute Gasteiger partial charge is 0.489 e. The third-order valence-corrected chi connectivity index (χ3v) is 6.41. The fraction of sp³-hybridized carbons (Fsp3) is 0.231. The fourth-order valence-electron chi connectivity index (χ4n) is 4.24. The number of likely N-dealkylation sites (tertiary alicyclic amines) is 1. The molecule has 1 aliphatic rings. The van der Waals surface area contributed by atoms with Gasteiger partial charge in [0.05, 0.1) is 28.0 Å². The lowest BCUT2D eigenvalue weighted by molar-refractivity contribution is 0.123. The summed E-state index contributed by atoms with van der Waals surface area (Å²) in [6.07, 6.45) is 3.79. The van der Waals surface area contributed by atoms with Crippen molar-refractivity contribution in [3.05, 3.63) is 71.8 Å². The third kappa shape index (κ3) is 5.59. The monoisotopic (exact) mass is 520 g/mol. The van der Waals surface area contributed by atoms with Crippen molar-refractivity contribution in [2.45, 2.75) is 25.5 Å². The number of amides is 1. The molecule has 0 saturated carbocycles. The smallest absolute Gasteiger partial charge is 0.407 e. The molecule has 5 rings (SSSR count). The lowest BCUT2D eigenvalue weighted by atomic mass is 10.2. The summed E-state index contributed by atoms with van der Waals surface area (Å²) in [6, 6.07) is 14.3. The van der Waals surface area contributed by atoms with E-state index in [1.807, 2.05) is 24.3 Å². The summed E-state index contributed by atoms with van der Waals surface area (Å²) < 4.78 is 11.7. The van der Waals surface area contributed by atoms with E-state index in [4.69, 9.17) is 26.8 Å². The van der Waals surface area contributed by atoms with Crippen LogP contribution in [-0.2, 0) is 6.61 Å². The Hall–Kier alpha value is -4.31. The van der Waals surface area contributed by atoms with E-state index >= 15 is 0 Å². The first kappa shape index (κ1) is 24.4. The SMILES string of the molecule is Nc1cc2c(Nc3ccc(OCc4ccccn4)c(Cl)c3)ncnc2cc1OCC1CCCN1C(=O)O. The molecular weight excluding hydrogens is 496 g/mol. The van der Waals surface area contributed by atoms with Gasteiger partial charge >= 0.3 is 6.09 Å². The van der Waals surface area contributed by atoms with Crippen LogP contribution < -0.4 is 20.5 Å². The Morgan fingerprint density at radius 1 is 1.14 bits per heavy atom. The molecule has 4 aromatic rings. The maximum Gasteiger partial charge on any atom is 0.407 e. The molecule has 0 aliphatic carbocycles. The Bertz CT molecular complexity index is 1420. The maximum atomic E-state index is 11.4. The molecule has 37 heavy (non-hydrogen) atoms. The number of hydrogen-bond donors (Lipinski definition) is 3. The number of fused-ring (bicyclic) bond motifs is 1. The summed E-state index contributed by atoms with van der Waals surface area (Å²) >= 11 is 6.45. The van der Waals surface area contributed by atoms with Crippen molar-refractivity contribution in [1.82, 2.24) is 19.9 Å². The van der Waals surface area contributed by atoms with E-state index in [1.165, 1.54) is 11.2 Å². The van der Waals surface area contributed by atoms with Crippen LogP contribution in [0.15, 0.2) is 61.1 Å². The molecule has 1 aliphatic heterocycles. The van der Waals surface area contributed by atoms with Crippen LogP contribution in [0.1, 0.15) is 18.5 Å². The van der Waals surface area contributed by atoms with Crippen molar-refractivity contribution in [3.63, 3.8) is 0 Å². The molecular formula is C26H25ClN6O4. The topological polar surface area (TPSA) is 136 Å². The number of nitrogen functional groups attached to an aromatic ring is 1. The van der Waals surface area contributed by atoms with Crippen LogP contribution in [0.3, 0.4) is 0 Å². The molecule has 10 nitrogen and oxygen atoms in total. The molecule has 1 saturated heterocycles. The van der Waals surface area contributed by atoms with E-state index in [-0.39, 0.29) is 12.6 Å². The zero-order chi connectivity index (χ0) is 25.8. The predicted molar refractivity (Wildman–Crippen MR) is 141 cm³/mol. The molecule has 2 aromatic heterocycles. The minimum Gasteiger partial charge on any atom is -0.489 e. The van der Waals surface area contributed by atoms with E-state index in [0.717, 1.165) is 18.5 Å². The highest BCUT2D eigenvalue weighted by Gasteiger charge is 2.29. The van der Waals surface area contributed by atoms with Crippen molar-refractivity contribution >= 4 is 45.8 Å². The molecule has 190 valence electrons. The number of nitrogens with two attached hydrogens (primary N) is 1. The number of benzene rings is 2. The maximum absolute atomic E-state index is 11.4. The second-order valence-corrected chi connectivity index (χ2v) is 9.00. The van der Waals surface area contributed by atoms with Crippen LogP contribution >= 0.6 is 11.6 Å². The highest BCUT2D eigenvalue weighted by molar-refractivity contribution is 6.32. The molecule has 11 heteroatoms. The third-order valence-electron chi connectivity index (χ3n) is 6.12. The van der Waals surface area contributed by atoms with Gasteiger partial charge in [-0.05, 0) is 49.2 Å². The van der Waals surface area contributed by atoms with Gasteiger partial charge in [-0.25, -0.2) is 14.8 Å². The van der Waals surface area contributed by atoms with Gasteiger partial charge in [-0.3, -0.25) is 4.98 Å². The number of aromatic nitrogens is 3. The van der Waals surface area contributed by atoms with Crippen molar-refractivity contribution in [2.24, 2.45) is 0 Å². The van der Waals surface area contributed by atoms with Gasteiger partial charge in [-0.15, -0.1) is 0 Å². The van der Waals surface area contributed by atoms with Crippen LogP contribution in [0.2, 0.25) is 5.02 Å². The van der Waals surface area contributed by atoms with Crippen molar-refractivity contribution in [1.29, 1.82) is 0 Å². The molecule has 1 amide bonds. The van der Waals surface area contributed by atoms with Crippen LogP contribution in [0.5, 0.6) is 11.5 Å². The average molecular weight is 521 g/mol. The average Bonchev–Trinajstić information content (AvgIpc) is 3.37. The lowest BCUT2D eigenvalue weighted by Crippen LogP contribution is -2.38. The molecule has 0 radical (unpaired) electrons. The van der Waals surface area contributed by atoms with Crippen molar-refractivity contribution < 1.29 is 19.4 Å². The Morgan fingerprint density at radius 2 is 2.03 bits per heavy atom. The Balaban J connectivity index is 1.29. The minimum atomic E-state index is -0.936. The highest BCUT2D eigenvalue weighted by Crippen LogP contribution is 2.34. The number of rotatable bonds is 8. The summed E-state index contributed by atoms with van der Waals surface area (Å²) in [7, 11) is 0. The van der Waals surface area contributed by atoms with Crippen molar-refractivity contribution in [2.75, 3.05) is 24.2 Å². The van der Waals surface area contributed by atoms with E-state index in [1.54, 1.807) is 30.5 Å². The molecule has 1 unspecified atom stereocenters. The summed E-state index contributed by atoms with van der Waals surface area (Å²) in [4.78, 5) is 25.7. The first-order valence-corrected chi connectivity index (χ1v) is 12.1. The second kappa shape index (κ2) is 10.8. The number of pyridine rings is 1. The van der Waals surface area contributed by atoms with Gasteiger partial charge in [-0.1, -0.05) is 17.7 Å². The van der Waals surface area contributed by atoms with Crippen LogP contribution in [0.4, 0.5) is 22.0 Å². The van der Waals surface area contributed by atoms with E-state index < -0.39 is 6.09 Å². The predicted octanol–water partition coefficient (Wildman–Crippen LogP) is 5.10. The molecule has 3 heterocycles. The zero-order valence-corrected chi connectivity index (χ0v) is 20.6. The standard InChI is InChI=1S/C26H25ClN6O4/c27-20-10-16(6-7-23(20)36-13-17-4-1-2-8-29-17)32-25-19-11-21(28)24(12-22(19)30-15-31-25)37-14-18-5-3-9-33(18)26(34)35/h1-2,4,6-8,10-12,15,18H,3,5,9,13-14,28H2,(H,34,35)(H,30,31,32). The summed E-state index contributed by atoms with van der Waals surface area (Å²) in [5, 5.41) is 13.7. The van der Waals surface area contributed by atoms with Gasteiger partial charge < -0.3 is 30.5 Å². The van der Waals surface area contributed by atoms with Gasteiger partial charge in [0.15, 0.2) is 0 Å². The number of halogens is 1. The number of carboxylic acid groups (broad SMARTS) is 1. The molecule has 0 spiro atoms. The van der Waals surface area contributed by atoms with Crippen LogP contribution in [0, 0.1) is 0 Å². The first-order chi connectivity index (χ1) is 18.0. The van der Waals surface area contributed by atoms with Crippen LogP contribution in [-0.4, -0.2) is 50.2 Å². The summed E-state index contributed by atoms with van der Waals surface area (Å²) in [6.45, 7) is 1.05.